The molecule has 2 aromatic carbocycles. The molecule has 1 N–H and O–H groups in total. The molecule has 0 aromatic heterocycles. The smallest absolute Gasteiger partial charge is 0.321 e. The molecule has 8 nitrogen and oxygen atoms in total. The van der Waals surface area contributed by atoms with Gasteiger partial charge in [0.15, 0.2) is 17.3 Å². The molecule has 0 atom stereocenters. The lowest BCUT2D eigenvalue weighted by Crippen LogP contribution is -2.34. The topological polar surface area (TPSA) is 86.3 Å². The van der Waals surface area contributed by atoms with Crippen LogP contribution in [0.2, 0.25) is 0 Å². The Morgan fingerprint density at radius 2 is 1.75 bits per heavy atom. The Morgan fingerprint density at radius 3 is 2.39 bits per heavy atom. The Morgan fingerprint density at radius 1 is 1.11 bits per heavy atom. The predicted octanol–water partition coefficient (Wildman–Crippen LogP) is 3.17. The molecule has 0 fully saturated rings. The minimum Gasteiger partial charge on any atom is -0.497 e. The van der Waals surface area contributed by atoms with Crippen LogP contribution >= 0.6 is 0 Å². The van der Waals surface area contributed by atoms with Crippen molar-refractivity contribution >= 4 is 17.5 Å². The predicted molar refractivity (Wildman–Crippen MR) is 103 cm³/mol. The number of ketones is 1. The summed E-state index contributed by atoms with van der Waals surface area (Å²) in [5.74, 6) is 2.23. The van der Waals surface area contributed by atoms with Crippen molar-refractivity contribution in [3.63, 3.8) is 0 Å². The van der Waals surface area contributed by atoms with Crippen molar-refractivity contribution < 1.29 is 28.5 Å². The molecular weight excluding hydrogens is 364 g/mol. The molecule has 3 rings (SSSR count). The number of nitrogens with one attached hydrogen (secondary N) is 1. The first-order chi connectivity index (χ1) is 13.5. The van der Waals surface area contributed by atoms with Crippen molar-refractivity contribution in [1.82, 2.24) is 4.90 Å². The summed E-state index contributed by atoms with van der Waals surface area (Å²) in [4.78, 5) is 25.8. The summed E-state index contributed by atoms with van der Waals surface area (Å²) in [6.07, 6.45) is 0. The minimum atomic E-state index is -0.361. The molecule has 0 saturated heterocycles. The van der Waals surface area contributed by atoms with Gasteiger partial charge in [-0.25, -0.2) is 4.79 Å². The van der Waals surface area contributed by atoms with Crippen LogP contribution in [0.4, 0.5) is 10.5 Å². The first kappa shape index (κ1) is 19.3. The molecule has 148 valence electrons. The van der Waals surface area contributed by atoms with E-state index in [1.54, 1.807) is 50.6 Å². The molecular formula is C20H22N2O6. The van der Waals surface area contributed by atoms with Crippen LogP contribution in [0.15, 0.2) is 36.4 Å². The third-order valence-corrected chi connectivity index (χ3v) is 4.24. The van der Waals surface area contributed by atoms with Crippen LogP contribution in [0.3, 0.4) is 0 Å². The number of methoxy groups -OCH3 is 1. The lowest BCUT2D eigenvalue weighted by molar-refractivity contribution is 0.101. The van der Waals surface area contributed by atoms with E-state index in [4.69, 9.17) is 18.9 Å². The number of hydrogen-bond donors (Lipinski definition) is 1. The number of Topliss-reactive ketones (excluding diaryl/α,β-unsaturated/α-hetero) is 1. The fourth-order valence-electron chi connectivity index (χ4n) is 2.62. The molecule has 0 radical (unpaired) electrons. The molecule has 0 saturated carbocycles. The van der Waals surface area contributed by atoms with E-state index < -0.39 is 0 Å². The zero-order chi connectivity index (χ0) is 20.1. The fourth-order valence-corrected chi connectivity index (χ4v) is 2.62. The molecule has 1 aliphatic rings. The van der Waals surface area contributed by atoms with E-state index in [0.29, 0.717) is 41.7 Å². The van der Waals surface area contributed by atoms with Gasteiger partial charge >= 0.3 is 6.03 Å². The normalized spacial score (nSPS) is 11.7. The van der Waals surface area contributed by atoms with E-state index in [-0.39, 0.29) is 18.6 Å². The number of urea groups is 1. The summed E-state index contributed by atoms with van der Waals surface area (Å²) in [5, 5.41) is 2.74. The number of rotatable bonds is 7. The van der Waals surface area contributed by atoms with Crippen LogP contribution in [0.5, 0.6) is 23.0 Å². The SMILES string of the molecule is COc1ccc(OCCN(C)C(=O)Nc2cc3c(cc2C(C)=O)OCO3)cc1. The van der Waals surface area contributed by atoms with Gasteiger partial charge in [-0.3, -0.25) is 4.79 Å². The average Bonchev–Trinajstić information content (AvgIpc) is 3.15. The number of likely N-dealkylation sites (N-methyl/N-ethyl adjacent to an activating group) is 1. The van der Waals surface area contributed by atoms with Crippen molar-refractivity contribution in [3.05, 3.63) is 42.0 Å². The maximum atomic E-state index is 12.5. The molecule has 0 unspecified atom stereocenters. The first-order valence-electron chi connectivity index (χ1n) is 8.71. The van der Waals surface area contributed by atoms with Gasteiger partial charge in [0.05, 0.1) is 19.3 Å². The zero-order valence-corrected chi connectivity index (χ0v) is 16.0. The van der Waals surface area contributed by atoms with Crippen molar-refractivity contribution in [2.75, 3.05) is 39.4 Å². The van der Waals surface area contributed by atoms with Gasteiger partial charge in [0.1, 0.15) is 18.1 Å². The number of carbonyl (C=O) groups excluding carboxylic acids is 2. The van der Waals surface area contributed by atoms with E-state index >= 15 is 0 Å². The second kappa shape index (κ2) is 8.51. The molecule has 0 bridgehead atoms. The molecule has 0 spiro atoms. The highest BCUT2D eigenvalue weighted by atomic mass is 16.7. The standard InChI is InChI=1S/C20H22N2O6/c1-13(23)16-10-18-19(28-12-27-18)11-17(16)21-20(24)22(2)8-9-26-15-6-4-14(25-3)5-7-15/h4-7,10-11H,8-9,12H2,1-3H3,(H,21,24). The molecule has 1 heterocycles. The number of carbonyl (C=O) groups is 2. The van der Waals surface area contributed by atoms with Crippen molar-refractivity contribution in [2.45, 2.75) is 6.92 Å². The highest BCUT2D eigenvalue weighted by molar-refractivity contribution is 6.04. The third kappa shape index (κ3) is 4.46. The number of hydrogen-bond acceptors (Lipinski definition) is 6. The Labute approximate surface area is 162 Å². The number of fused-ring (bicyclic) bond motifs is 1. The zero-order valence-electron chi connectivity index (χ0n) is 16.0. The van der Waals surface area contributed by atoms with Gasteiger partial charge in [-0.2, -0.15) is 0 Å². The molecule has 0 aliphatic carbocycles. The lowest BCUT2D eigenvalue weighted by Gasteiger charge is -2.19. The minimum absolute atomic E-state index is 0.0900. The van der Waals surface area contributed by atoms with Gasteiger partial charge in [0.2, 0.25) is 6.79 Å². The molecule has 28 heavy (non-hydrogen) atoms. The number of nitrogens with zero attached hydrogens (tertiary/aromatic N) is 1. The average molecular weight is 386 g/mol. The van der Waals surface area contributed by atoms with Crippen LogP contribution in [-0.2, 0) is 0 Å². The number of benzene rings is 2. The summed E-state index contributed by atoms with van der Waals surface area (Å²) in [7, 11) is 3.24. The van der Waals surface area contributed by atoms with Gasteiger partial charge in [-0.1, -0.05) is 0 Å². The van der Waals surface area contributed by atoms with Gasteiger partial charge in [0, 0.05) is 18.7 Å². The molecule has 2 aromatic rings. The molecule has 1 aliphatic heterocycles. The molecule has 8 heteroatoms. The van der Waals surface area contributed by atoms with Crippen molar-refractivity contribution in [2.24, 2.45) is 0 Å². The van der Waals surface area contributed by atoms with E-state index in [1.165, 1.54) is 11.8 Å². The lowest BCUT2D eigenvalue weighted by atomic mass is 10.1. The summed E-state index contributed by atoms with van der Waals surface area (Å²) in [6, 6.07) is 10.0. The second-order valence-corrected chi connectivity index (χ2v) is 6.18. The van der Waals surface area contributed by atoms with E-state index in [2.05, 4.69) is 5.32 Å². The van der Waals surface area contributed by atoms with Crippen LogP contribution < -0.4 is 24.3 Å². The van der Waals surface area contributed by atoms with Gasteiger partial charge in [0.25, 0.3) is 0 Å². The summed E-state index contributed by atoms with van der Waals surface area (Å²) < 4.78 is 21.3. The maximum absolute atomic E-state index is 12.5. The van der Waals surface area contributed by atoms with Gasteiger partial charge < -0.3 is 29.2 Å². The summed E-state index contributed by atoms with van der Waals surface area (Å²) in [5.41, 5.74) is 0.741. The Bertz CT molecular complexity index is 866. The maximum Gasteiger partial charge on any atom is 0.321 e. The highest BCUT2D eigenvalue weighted by Crippen LogP contribution is 2.37. The number of amides is 2. The Balaban J connectivity index is 1.57. The van der Waals surface area contributed by atoms with Crippen LogP contribution in [0, 0.1) is 0 Å². The van der Waals surface area contributed by atoms with Gasteiger partial charge in [-0.15, -0.1) is 0 Å². The number of ether oxygens (including phenoxy) is 4. The number of anilines is 1. The van der Waals surface area contributed by atoms with Crippen LogP contribution in [0.1, 0.15) is 17.3 Å². The van der Waals surface area contributed by atoms with Crippen molar-refractivity contribution in [3.8, 4) is 23.0 Å². The van der Waals surface area contributed by atoms with Crippen molar-refractivity contribution in [1.29, 1.82) is 0 Å². The summed E-state index contributed by atoms with van der Waals surface area (Å²) >= 11 is 0. The monoisotopic (exact) mass is 386 g/mol. The van der Waals surface area contributed by atoms with E-state index in [1.807, 2.05) is 0 Å². The van der Waals surface area contributed by atoms with Gasteiger partial charge in [-0.05, 0) is 37.3 Å². The quantitative estimate of drug-likeness (QED) is 0.736. The first-order valence-corrected chi connectivity index (χ1v) is 8.71. The third-order valence-electron chi connectivity index (χ3n) is 4.24. The van der Waals surface area contributed by atoms with E-state index in [0.717, 1.165) is 5.75 Å². The Hall–Kier alpha value is -3.42. The van der Waals surface area contributed by atoms with Crippen LogP contribution in [-0.4, -0.2) is 50.8 Å². The largest absolute Gasteiger partial charge is 0.497 e. The van der Waals surface area contributed by atoms with E-state index in [9.17, 15) is 9.59 Å². The highest BCUT2D eigenvalue weighted by Gasteiger charge is 2.21. The second-order valence-electron chi connectivity index (χ2n) is 6.18. The fraction of sp³-hybridized carbons (Fsp3) is 0.300. The Kier molecular flexibility index (Phi) is 5.88. The van der Waals surface area contributed by atoms with Crippen LogP contribution in [0.25, 0.3) is 0 Å². The summed E-state index contributed by atoms with van der Waals surface area (Å²) in [6.45, 7) is 2.20. The molecule has 2 amide bonds.